The minimum absolute atomic E-state index is 0.203. The van der Waals surface area contributed by atoms with E-state index in [9.17, 15) is 4.79 Å². The first kappa shape index (κ1) is 14.7. The van der Waals surface area contributed by atoms with E-state index in [0.29, 0.717) is 24.1 Å². The topological polar surface area (TPSA) is 56.1 Å². The van der Waals surface area contributed by atoms with Crippen molar-refractivity contribution in [1.29, 1.82) is 0 Å². The smallest absolute Gasteiger partial charge is 0.287 e. The van der Waals surface area contributed by atoms with Crippen LogP contribution in [0, 0.1) is 0 Å². The number of ether oxygens (including phenoxy) is 1. The maximum Gasteiger partial charge on any atom is 0.287 e. The highest BCUT2D eigenvalue weighted by Gasteiger charge is 2.16. The number of rotatable bonds is 6. The Hall–Kier alpha value is -0.720. The molecule has 1 aliphatic rings. The van der Waals surface area contributed by atoms with Crippen molar-refractivity contribution in [2.45, 2.75) is 24.6 Å². The lowest BCUT2D eigenvalue weighted by atomic mass is 10.2. The molecule has 0 spiro atoms. The third kappa shape index (κ3) is 3.87. The summed E-state index contributed by atoms with van der Waals surface area (Å²) in [4.78, 5) is 12.0. The third-order valence-corrected chi connectivity index (χ3v) is 4.80. The highest BCUT2D eigenvalue weighted by atomic mass is 35.5. The van der Waals surface area contributed by atoms with Crippen molar-refractivity contribution in [3.8, 4) is 0 Å². The Morgan fingerprint density at radius 2 is 2.53 bits per heavy atom. The molecule has 0 radical (unpaired) electrons. The first-order valence-corrected chi connectivity index (χ1v) is 7.75. The van der Waals surface area contributed by atoms with Crippen LogP contribution in [-0.4, -0.2) is 41.0 Å². The van der Waals surface area contributed by atoms with Crippen LogP contribution >= 0.6 is 23.4 Å². The van der Waals surface area contributed by atoms with Gasteiger partial charge in [0.15, 0.2) is 0 Å². The lowest BCUT2D eigenvalue weighted by Crippen LogP contribution is -2.26. The molecule has 7 heteroatoms. The van der Waals surface area contributed by atoms with Crippen LogP contribution < -0.4 is 10.9 Å². The van der Waals surface area contributed by atoms with Crippen LogP contribution in [0.2, 0.25) is 5.02 Å². The van der Waals surface area contributed by atoms with E-state index in [2.05, 4.69) is 10.4 Å². The number of hydrogen-bond donors (Lipinski definition) is 1. The van der Waals surface area contributed by atoms with Crippen molar-refractivity contribution in [3.05, 3.63) is 21.6 Å². The Labute approximate surface area is 121 Å². The predicted molar refractivity (Wildman–Crippen MR) is 79.4 cm³/mol. The van der Waals surface area contributed by atoms with Crippen LogP contribution in [0.15, 0.2) is 11.0 Å². The monoisotopic (exact) mass is 303 g/mol. The molecule has 1 aliphatic heterocycles. The largest absolute Gasteiger partial charge is 0.383 e. The van der Waals surface area contributed by atoms with E-state index in [4.69, 9.17) is 16.3 Å². The molecule has 0 saturated carbocycles. The number of aromatic nitrogens is 2. The lowest BCUT2D eigenvalue weighted by molar-refractivity contribution is 0.182. The molecule has 5 nitrogen and oxygen atoms in total. The molecule has 19 heavy (non-hydrogen) atoms. The van der Waals surface area contributed by atoms with Gasteiger partial charge in [0, 0.05) is 18.9 Å². The molecule has 0 amide bonds. The van der Waals surface area contributed by atoms with Crippen molar-refractivity contribution in [2.24, 2.45) is 0 Å². The van der Waals surface area contributed by atoms with Crippen molar-refractivity contribution in [3.63, 3.8) is 0 Å². The first-order valence-electron chi connectivity index (χ1n) is 6.32. The molecule has 0 aliphatic carbocycles. The molecule has 0 bridgehead atoms. The van der Waals surface area contributed by atoms with E-state index < -0.39 is 0 Å². The van der Waals surface area contributed by atoms with Gasteiger partial charge in [-0.1, -0.05) is 11.6 Å². The molecular weight excluding hydrogens is 286 g/mol. The first-order chi connectivity index (χ1) is 9.22. The van der Waals surface area contributed by atoms with Gasteiger partial charge in [0.05, 0.1) is 25.0 Å². The van der Waals surface area contributed by atoms with Gasteiger partial charge in [0.2, 0.25) is 0 Å². The second kappa shape index (κ2) is 7.17. The number of methoxy groups -OCH3 is 1. The third-order valence-electron chi connectivity index (χ3n) is 3.04. The zero-order valence-corrected chi connectivity index (χ0v) is 12.5. The quantitative estimate of drug-likeness (QED) is 0.869. The summed E-state index contributed by atoms with van der Waals surface area (Å²) in [6.45, 7) is 1.68. The highest BCUT2D eigenvalue weighted by molar-refractivity contribution is 8.00. The van der Waals surface area contributed by atoms with E-state index in [1.807, 2.05) is 11.8 Å². The minimum atomic E-state index is -0.275. The zero-order chi connectivity index (χ0) is 13.7. The van der Waals surface area contributed by atoms with Gasteiger partial charge in [-0.25, -0.2) is 4.68 Å². The molecule has 0 aromatic carbocycles. The van der Waals surface area contributed by atoms with Gasteiger partial charge >= 0.3 is 0 Å². The van der Waals surface area contributed by atoms with Gasteiger partial charge in [0.1, 0.15) is 5.02 Å². The average molecular weight is 304 g/mol. The van der Waals surface area contributed by atoms with Crippen molar-refractivity contribution in [1.82, 2.24) is 9.78 Å². The summed E-state index contributed by atoms with van der Waals surface area (Å²) in [6, 6.07) is 0. The van der Waals surface area contributed by atoms with E-state index in [-0.39, 0.29) is 10.6 Å². The normalized spacial score (nSPS) is 18.7. The van der Waals surface area contributed by atoms with Crippen LogP contribution in [0.4, 0.5) is 5.69 Å². The number of hydrogen-bond acceptors (Lipinski definition) is 5. The van der Waals surface area contributed by atoms with E-state index in [1.54, 1.807) is 13.3 Å². The number of thioether (sulfide) groups is 1. The summed E-state index contributed by atoms with van der Waals surface area (Å²) in [5.41, 5.74) is 0.343. The lowest BCUT2D eigenvalue weighted by Gasteiger charge is -2.13. The molecule has 2 rings (SSSR count). The van der Waals surface area contributed by atoms with Crippen LogP contribution in [0.5, 0.6) is 0 Å². The highest BCUT2D eigenvalue weighted by Crippen LogP contribution is 2.26. The molecule has 1 fully saturated rings. The number of halogens is 1. The Bertz CT molecular complexity index is 475. The molecule has 1 aromatic heterocycles. The summed E-state index contributed by atoms with van der Waals surface area (Å²) in [7, 11) is 1.59. The number of nitrogens with zero attached hydrogens (tertiary/aromatic N) is 2. The second-order valence-corrected chi connectivity index (χ2v) is 6.20. The molecule has 1 saturated heterocycles. The summed E-state index contributed by atoms with van der Waals surface area (Å²) in [5, 5.41) is 8.12. The van der Waals surface area contributed by atoms with Crippen molar-refractivity contribution < 1.29 is 4.74 Å². The maximum absolute atomic E-state index is 12.0. The van der Waals surface area contributed by atoms with Crippen LogP contribution in [0.1, 0.15) is 12.8 Å². The van der Waals surface area contributed by atoms with Crippen LogP contribution in [0.3, 0.4) is 0 Å². The van der Waals surface area contributed by atoms with Crippen LogP contribution in [0.25, 0.3) is 0 Å². The Balaban J connectivity index is 2.01. The molecule has 1 N–H and O–H groups in total. The fraction of sp³-hybridized carbons (Fsp3) is 0.667. The Kier molecular flexibility index (Phi) is 5.54. The fourth-order valence-electron chi connectivity index (χ4n) is 1.95. The standard InChI is InChI=1S/C12H18ClN3O2S/c1-18-5-4-16-12(17)11(13)10(8-15-16)14-7-9-3-2-6-19-9/h8-9,14H,2-7H2,1H3. The zero-order valence-electron chi connectivity index (χ0n) is 10.9. The molecule has 1 aromatic rings. The second-order valence-electron chi connectivity index (χ2n) is 4.41. The van der Waals surface area contributed by atoms with Gasteiger partial charge in [0.25, 0.3) is 5.56 Å². The molecular formula is C12H18ClN3O2S. The Morgan fingerprint density at radius 3 is 3.21 bits per heavy atom. The van der Waals surface area contributed by atoms with Gasteiger partial charge in [-0.05, 0) is 18.6 Å². The SMILES string of the molecule is COCCn1ncc(NCC2CCCS2)c(Cl)c1=O. The van der Waals surface area contributed by atoms with Crippen LogP contribution in [-0.2, 0) is 11.3 Å². The van der Waals surface area contributed by atoms with Crippen molar-refractivity contribution >= 4 is 29.1 Å². The molecule has 2 heterocycles. The Morgan fingerprint density at radius 1 is 1.68 bits per heavy atom. The summed E-state index contributed by atoms with van der Waals surface area (Å²) in [6.07, 6.45) is 4.09. The van der Waals surface area contributed by atoms with Gasteiger partial charge in [-0.3, -0.25) is 4.79 Å². The number of nitrogens with one attached hydrogen (secondary N) is 1. The van der Waals surface area contributed by atoms with E-state index >= 15 is 0 Å². The van der Waals surface area contributed by atoms with Gasteiger partial charge in [-0.15, -0.1) is 0 Å². The maximum atomic E-state index is 12.0. The van der Waals surface area contributed by atoms with Gasteiger partial charge < -0.3 is 10.1 Å². The molecule has 1 atom stereocenters. The molecule has 106 valence electrons. The summed E-state index contributed by atoms with van der Waals surface area (Å²) < 4.78 is 6.25. The molecule has 1 unspecified atom stereocenters. The van der Waals surface area contributed by atoms with Crippen molar-refractivity contribution in [2.75, 3.05) is 31.3 Å². The predicted octanol–water partition coefficient (Wildman–Crippen LogP) is 1.85. The summed E-state index contributed by atoms with van der Waals surface area (Å²) >= 11 is 8.04. The minimum Gasteiger partial charge on any atom is -0.383 e. The van der Waals surface area contributed by atoms with E-state index in [0.717, 1.165) is 6.54 Å². The van der Waals surface area contributed by atoms with Gasteiger partial charge in [-0.2, -0.15) is 16.9 Å². The summed E-state index contributed by atoms with van der Waals surface area (Å²) in [5.74, 6) is 1.22. The number of anilines is 1. The average Bonchev–Trinajstić information content (AvgIpc) is 2.92. The van der Waals surface area contributed by atoms with E-state index in [1.165, 1.54) is 23.3 Å². The fourth-order valence-corrected chi connectivity index (χ4v) is 3.37.